The van der Waals surface area contributed by atoms with E-state index in [4.69, 9.17) is 13.9 Å². The molecule has 0 bridgehead atoms. The van der Waals surface area contributed by atoms with Gasteiger partial charge in [0.1, 0.15) is 11.5 Å². The van der Waals surface area contributed by atoms with Gasteiger partial charge in [0.25, 0.3) is 0 Å². The van der Waals surface area contributed by atoms with Gasteiger partial charge < -0.3 is 13.9 Å². The minimum absolute atomic E-state index is 0.189. The molecular weight excluding hydrogens is 318 g/mol. The maximum absolute atomic E-state index is 6.16. The Morgan fingerprint density at radius 1 is 1.32 bits per heavy atom. The first kappa shape index (κ1) is 16.8. The lowest BCUT2D eigenvalue weighted by Crippen LogP contribution is -2.51. The van der Waals surface area contributed by atoms with Crippen molar-refractivity contribution in [1.29, 1.82) is 0 Å². The average Bonchev–Trinajstić information content (AvgIpc) is 3.34. The highest BCUT2D eigenvalue weighted by atomic mass is 16.5. The molecule has 0 amide bonds. The van der Waals surface area contributed by atoms with Gasteiger partial charge in [0, 0.05) is 38.1 Å². The van der Waals surface area contributed by atoms with E-state index >= 15 is 0 Å². The zero-order chi connectivity index (χ0) is 17.1. The van der Waals surface area contributed by atoms with Crippen LogP contribution >= 0.6 is 0 Å². The lowest BCUT2D eigenvalue weighted by molar-refractivity contribution is -0.116. The Hall–Kier alpha value is -1.63. The van der Waals surface area contributed by atoms with Gasteiger partial charge in [-0.1, -0.05) is 0 Å². The van der Waals surface area contributed by atoms with Crippen molar-refractivity contribution < 1.29 is 13.9 Å². The second-order valence-electron chi connectivity index (χ2n) is 6.99. The number of aromatic nitrogens is 2. The number of morpholine rings is 1. The zero-order valence-corrected chi connectivity index (χ0v) is 14.8. The van der Waals surface area contributed by atoms with Crippen LogP contribution in [0.5, 0.6) is 0 Å². The third-order valence-electron chi connectivity index (χ3n) is 5.23. The number of hydrogen-bond acceptors (Lipinski definition) is 5. The van der Waals surface area contributed by atoms with Crippen molar-refractivity contribution in [3.63, 3.8) is 0 Å². The number of fused-ring (bicyclic) bond motifs is 1. The van der Waals surface area contributed by atoms with Gasteiger partial charge in [-0.2, -0.15) is 5.10 Å². The first-order valence-corrected chi connectivity index (χ1v) is 9.29. The highest BCUT2D eigenvalue weighted by Crippen LogP contribution is 2.33. The van der Waals surface area contributed by atoms with Gasteiger partial charge in [-0.05, 0) is 44.4 Å². The highest BCUT2D eigenvalue weighted by Gasteiger charge is 2.43. The Bertz CT molecular complexity index is 655. The number of rotatable bonds is 7. The Morgan fingerprint density at radius 2 is 2.28 bits per heavy atom. The molecule has 3 atom stereocenters. The van der Waals surface area contributed by atoms with Gasteiger partial charge >= 0.3 is 0 Å². The molecule has 3 heterocycles. The van der Waals surface area contributed by atoms with Crippen LogP contribution < -0.4 is 0 Å². The second kappa shape index (κ2) is 7.72. The van der Waals surface area contributed by atoms with Crippen LogP contribution in [0.3, 0.4) is 0 Å². The first-order chi connectivity index (χ1) is 12.3. The van der Waals surface area contributed by atoms with E-state index < -0.39 is 0 Å². The van der Waals surface area contributed by atoms with Crippen molar-refractivity contribution in [3.05, 3.63) is 42.1 Å². The van der Waals surface area contributed by atoms with Crippen LogP contribution in [0, 0.1) is 6.92 Å². The Morgan fingerprint density at radius 3 is 3.08 bits per heavy atom. The first-order valence-electron chi connectivity index (χ1n) is 9.29. The highest BCUT2D eigenvalue weighted by molar-refractivity contribution is 5.07. The molecule has 136 valence electrons. The fourth-order valence-electron chi connectivity index (χ4n) is 4.03. The van der Waals surface area contributed by atoms with Crippen molar-refractivity contribution in [2.45, 2.75) is 57.5 Å². The summed E-state index contributed by atoms with van der Waals surface area (Å²) in [6, 6.07) is 6.51. The summed E-state index contributed by atoms with van der Waals surface area (Å²) >= 11 is 0. The monoisotopic (exact) mass is 345 g/mol. The molecule has 6 heteroatoms. The fraction of sp³-hybridized carbons (Fsp3) is 0.632. The molecule has 2 aromatic heterocycles. The number of ether oxygens (including phenoxy) is 2. The summed E-state index contributed by atoms with van der Waals surface area (Å²) in [7, 11) is 0. The molecule has 1 aliphatic heterocycles. The van der Waals surface area contributed by atoms with Gasteiger partial charge in [-0.3, -0.25) is 9.58 Å². The third kappa shape index (κ3) is 3.97. The molecule has 1 saturated carbocycles. The molecule has 0 radical (unpaired) electrons. The van der Waals surface area contributed by atoms with Crippen LogP contribution in [-0.2, 0) is 22.6 Å². The summed E-state index contributed by atoms with van der Waals surface area (Å²) < 4.78 is 19.9. The van der Waals surface area contributed by atoms with Crippen LogP contribution in [0.25, 0.3) is 0 Å². The molecule has 2 aliphatic rings. The van der Waals surface area contributed by atoms with E-state index in [0.717, 1.165) is 63.6 Å². The van der Waals surface area contributed by atoms with Crippen LogP contribution in [-0.4, -0.2) is 52.7 Å². The van der Waals surface area contributed by atoms with Gasteiger partial charge in [0.05, 0.1) is 25.4 Å². The molecule has 25 heavy (non-hydrogen) atoms. The van der Waals surface area contributed by atoms with Crippen molar-refractivity contribution >= 4 is 0 Å². The summed E-state index contributed by atoms with van der Waals surface area (Å²) in [6.45, 7) is 6.26. The van der Waals surface area contributed by atoms with Crippen molar-refractivity contribution in [2.24, 2.45) is 0 Å². The van der Waals surface area contributed by atoms with E-state index in [1.165, 1.54) is 0 Å². The summed E-state index contributed by atoms with van der Waals surface area (Å²) in [5.41, 5.74) is 0. The molecule has 0 unspecified atom stereocenters. The molecule has 0 spiro atoms. The van der Waals surface area contributed by atoms with E-state index in [1.807, 2.05) is 36.1 Å². The van der Waals surface area contributed by atoms with Gasteiger partial charge in [-0.15, -0.1) is 0 Å². The minimum Gasteiger partial charge on any atom is -0.465 e. The topological polar surface area (TPSA) is 52.7 Å². The van der Waals surface area contributed by atoms with E-state index in [0.29, 0.717) is 6.04 Å². The smallest absolute Gasteiger partial charge is 0.118 e. The number of aryl methyl sites for hydroxylation is 2. The Kier molecular flexibility index (Phi) is 5.20. The van der Waals surface area contributed by atoms with Crippen molar-refractivity contribution in [3.8, 4) is 0 Å². The molecule has 2 fully saturated rings. The van der Waals surface area contributed by atoms with E-state index in [1.54, 1.807) is 0 Å². The van der Waals surface area contributed by atoms with Gasteiger partial charge in [0.2, 0.25) is 0 Å². The summed E-state index contributed by atoms with van der Waals surface area (Å²) in [4.78, 5) is 2.50. The SMILES string of the molecule is Cc1ccc(CN2CCO[C@H]3[C@H](OCCCn4cccn4)CC[C@@H]32)o1. The predicted molar refractivity (Wildman–Crippen MR) is 93.2 cm³/mol. The Balaban J connectivity index is 1.27. The summed E-state index contributed by atoms with van der Waals surface area (Å²) in [6.07, 6.45) is 7.39. The van der Waals surface area contributed by atoms with Crippen molar-refractivity contribution in [1.82, 2.24) is 14.7 Å². The average molecular weight is 345 g/mol. The standard InChI is InChI=1S/C19H27N3O3/c1-15-4-5-16(25-15)14-21-11-13-24-19-17(21)6-7-18(19)23-12-3-10-22-9-2-8-20-22/h2,4-5,8-9,17-19H,3,6-7,10-14H2,1H3/t17-,18+,19+/m0/s1. The van der Waals surface area contributed by atoms with Crippen molar-refractivity contribution in [2.75, 3.05) is 19.8 Å². The number of furan rings is 1. The molecule has 0 N–H and O–H groups in total. The third-order valence-corrected chi connectivity index (χ3v) is 5.23. The molecular formula is C19H27N3O3. The predicted octanol–water partition coefficient (Wildman–Crippen LogP) is 2.62. The molecule has 6 nitrogen and oxygen atoms in total. The van der Waals surface area contributed by atoms with Crippen LogP contribution in [0.4, 0.5) is 0 Å². The number of nitrogens with zero attached hydrogens (tertiary/aromatic N) is 3. The van der Waals surface area contributed by atoms with Crippen LogP contribution in [0.1, 0.15) is 30.8 Å². The van der Waals surface area contributed by atoms with E-state index in [9.17, 15) is 0 Å². The lowest BCUT2D eigenvalue weighted by Gasteiger charge is -2.38. The van der Waals surface area contributed by atoms with Crippen LogP contribution in [0.15, 0.2) is 35.0 Å². The molecule has 2 aromatic rings. The van der Waals surface area contributed by atoms with E-state index in [-0.39, 0.29) is 12.2 Å². The molecule has 0 aromatic carbocycles. The molecule has 1 aliphatic carbocycles. The Labute approximate surface area is 148 Å². The number of hydrogen-bond donors (Lipinski definition) is 0. The summed E-state index contributed by atoms with van der Waals surface area (Å²) in [5.74, 6) is 2.02. The van der Waals surface area contributed by atoms with E-state index in [2.05, 4.69) is 16.1 Å². The van der Waals surface area contributed by atoms with Crippen LogP contribution in [0.2, 0.25) is 0 Å². The maximum atomic E-state index is 6.16. The lowest BCUT2D eigenvalue weighted by atomic mass is 10.1. The fourth-order valence-corrected chi connectivity index (χ4v) is 4.03. The van der Waals surface area contributed by atoms with Gasteiger partial charge in [0.15, 0.2) is 0 Å². The van der Waals surface area contributed by atoms with Gasteiger partial charge in [-0.25, -0.2) is 0 Å². The minimum atomic E-state index is 0.189. The zero-order valence-electron chi connectivity index (χ0n) is 14.8. The maximum Gasteiger partial charge on any atom is 0.118 e. The quantitative estimate of drug-likeness (QED) is 0.722. The normalized spacial score (nSPS) is 26.8. The molecule has 1 saturated heterocycles. The largest absolute Gasteiger partial charge is 0.465 e. The second-order valence-corrected chi connectivity index (χ2v) is 6.99. The molecule has 4 rings (SSSR count). The summed E-state index contributed by atoms with van der Waals surface area (Å²) in [5, 5.41) is 4.22.